The van der Waals surface area contributed by atoms with Crippen LogP contribution >= 0.6 is 0 Å². The van der Waals surface area contributed by atoms with E-state index in [4.69, 9.17) is 4.42 Å². The third-order valence-corrected chi connectivity index (χ3v) is 1.92. The van der Waals surface area contributed by atoms with E-state index in [-0.39, 0.29) is 17.5 Å². The van der Waals surface area contributed by atoms with Crippen molar-refractivity contribution in [3.8, 4) is 5.95 Å². The minimum absolute atomic E-state index is 0.184. The maximum Gasteiger partial charge on any atom is 0.290 e. The van der Waals surface area contributed by atoms with Crippen molar-refractivity contribution < 1.29 is 14.3 Å². The summed E-state index contributed by atoms with van der Waals surface area (Å²) in [5.41, 5.74) is 0. The first-order valence-electron chi connectivity index (χ1n) is 3.91. The zero-order valence-electron chi connectivity index (χ0n) is 7.07. The summed E-state index contributed by atoms with van der Waals surface area (Å²) in [5, 5.41) is 10.6. The highest BCUT2D eigenvalue weighted by atomic mass is 16.5. The van der Waals surface area contributed by atoms with Crippen LogP contribution < -0.4 is 0 Å². The summed E-state index contributed by atoms with van der Waals surface area (Å²) in [7, 11) is 0. The van der Waals surface area contributed by atoms with Crippen LogP contribution in [0, 0.1) is 0 Å². The molecule has 1 aromatic carbocycles. The van der Waals surface area contributed by atoms with Gasteiger partial charge in [-0.25, -0.2) is 0 Å². The van der Waals surface area contributed by atoms with E-state index >= 15 is 0 Å². The Balaban J connectivity index is 2.85. The Morgan fingerprint density at radius 2 is 1.92 bits per heavy atom. The first-order chi connectivity index (χ1) is 6.20. The normalized spacial score (nSPS) is 10.5. The maximum absolute atomic E-state index is 11.1. The average Bonchev–Trinajstić information content (AvgIpc) is 2.45. The molecule has 13 heavy (non-hydrogen) atoms. The highest BCUT2D eigenvalue weighted by Gasteiger charge is 2.14. The van der Waals surface area contributed by atoms with Gasteiger partial charge < -0.3 is 9.52 Å². The van der Waals surface area contributed by atoms with Crippen molar-refractivity contribution in [3.05, 3.63) is 30.0 Å². The molecule has 1 N–H and O–H groups in total. The molecule has 0 atom stereocenters. The zero-order chi connectivity index (χ0) is 9.42. The molecule has 2 aromatic rings. The highest BCUT2D eigenvalue weighted by molar-refractivity contribution is 6.06. The molecule has 3 nitrogen and oxygen atoms in total. The first-order valence-corrected chi connectivity index (χ1v) is 3.91. The van der Waals surface area contributed by atoms with Crippen molar-refractivity contribution in [3.63, 3.8) is 0 Å². The number of benzene rings is 1. The van der Waals surface area contributed by atoms with E-state index in [2.05, 4.69) is 0 Å². The zero-order valence-corrected chi connectivity index (χ0v) is 7.07. The fourth-order valence-corrected chi connectivity index (χ4v) is 1.34. The fourth-order valence-electron chi connectivity index (χ4n) is 1.34. The third-order valence-electron chi connectivity index (χ3n) is 1.92. The third kappa shape index (κ3) is 1.09. The van der Waals surface area contributed by atoms with Gasteiger partial charge in [-0.1, -0.05) is 18.2 Å². The SMILES string of the molecule is CC(=O)c1oc(O)c2ccccc12. The molecule has 0 saturated carbocycles. The Bertz CT molecular complexity index is 468. The highest BCUT2D eigenvalue weighted by Crippen LogP contribution is 2.30. The van der Waals surface area contributed by atoms with Crippen LogP contribution in [-0.2, 0) is 0 Å². The Morgan fingerprint density at radius 3 is 2.54 bits per heavy atom. The smallest absolute Gasteiger partial charge is 0.290 e. The number of ketones is 1. The molecule has 1 aromatic heterocycles. The predicted octanol–water partition coefficient (Wildman–Crippen LogP) is 2.34. The fraction of sp³-hybridized carbons (Fsp3) is 0.100. The number of carbonyl (C=O) groups excluding carboxylic acids is 1. The van der Waals surface area contributed by atoms with Crippen molar-refractivity contribution >= 4 is 16.6 Å². The van der Waals surface area contributed by atoms with E-state index < -0.39 is 0 Å². The van der Waals surface area contributed by atoms with Crippen molar-refractivity contribution in [1.29, 1.82) is 0 Å². The van der Waals surface area contributed by atoms with Gasteiger partial charge in [0.25, 0.3) is 5.95 Å². The molecule has 3 heteroatoms. The van der Waals surface area contributed by atoms with Gasteiger partial charge in [-0.3, -0.25) is 4.79 Å². The second-order valence-electron chi connectivity index (χ2n) is 2.84. The summed E-state index contributed by atoms with van der Waals surface area (Å²) in [6.45, 7) is 1.41. The Kier molecular flexibility index (Phi) is 1.59. The van der Waals surface area contributed by atoms with Crippen LogP contribution in [0.25, 0.3) is 10.8 Å². The van der Waals surface area contributed by atoms with Crippen molar-refractivity contribution in [1.82, 2.24) is 0 Å². The largest absolute Gasteiger partial charge is 0.480 e. The molecular formula is C10H8O3. The van der Waals surface area contributed by atoms with Gasteiger partial charge >= 0.3 is 0 Å². The van der Waals surface area contributed by atoms with E-state index in [0.717, 1.165) is 0 Å². The van der Waals surface area contributed by atoms with E-state index in [1.54, 1.807) is 24.3 Å². The summed E-state index contributed by atoms with van der Waals surface area (Å²) >= 11 is 0. The minimum Gasteiger partial charge on any atom is -0.480 e. The number of furan rings is 1. The summed E-state index contributed by atoms with van der Waals surface area (Å²) in [6.07, 6.45) is 0. The molecule has 0 bridgehead atoms. The van der Waals surface area contributed by atoms with E-state index in [9.17, 15) is 9.90 Å². The number of rotatable bonds is 1. The van der Waals surface area contributed by atoms with Gasteiger partial charge in [0, 0.05) is 12.3 Å². The first kappa shape index (κ1) is 7.86. The quantitative estimate of drug-likeness (QED) is 0.678. The summed E-state index contributed by atoms with van der Waals surface area (Å²) in [6, 6.07) is 7.03. The van der Waals surface area contributed by atoms with Gasteiger partial charge in [0.15, 0.2) is 11.5 Å². The molecule has 0 aliphatic carbocycles. The summed E-state index contributed by atoms with van der Waals surface area (Å²) in [4.78, 5) is 11.1. The molecule has 66 valence electrons. The minimum atomic E-state index is -0.194. The van der Waals surface area contributed by atoms with Gasteiger partial charge in [0.2, 0.25) is 0 Å². The standard InChI is InChI=1S/C10H8O3/c1-6(11)9-7-4-2-3-5-8(7)10(12)13-9/h2-5,12H,1H3. The average molecular weight is 176 g/mol. The molecule has 0 amide bonds. The lowest BCUT2D eigenvalue weighted by Crippen LogP contribution is -1.87. The second-order valence-corrected chi connectivity index (χ2v) is 2.84. The van der Waals surface area contributed by atoms with Gasteiger partial charge in [-0.05, 0) is 6.07 Å². The number of fused-ring (bicyclic) bond motifs is 1. The van der Waals surface area contributed by atoms with Crippen LogP contribution in [0.3, 0.4) is 0 Å². The summed E-state index contributed by atoms with van der Waals surface area (Å²) in [5.74, 6) is -0.162. The molecule has 0 spiro atoms. The number of hydrogen-bond acceptors (Lipinski definition) is 3. The van der Waals surface area contributed by atoms with Crippen LogP contribution in [-0.4, -0.2) is 10.9 Å². The van der Waals surface area contributed by atoms with Gasteiger partial charge in [-0.2, -0.15) is 0 Å². The number of hydrogen-bond donors (Lipinski definition) is 1. The molecule has 0 aliphatic heterocycles. The van der Waals surface area contributed by atoms with E-state index in [1.165, 1.54) is 6.92 Å². The molecule has 0 aliphatic rings. The van der Waals surface area contributed by atoms with Crippen LogP contribution in [0.5, 0.6) is 5.95 Å². The maximum atomic E-state index is 11.1. The van der Waals surface area contributed by atoms with Crippen molar-refractivity contribution in [2.75, 3.05) is 0 Å². The van der Waals surface area contributed by atoms with Gasteiger partial charge in [-0.15, -0.1) is 0 Å². The Labute approximate surface area is 74.6 Å². The van der Waals surface area contributed by atoms with Gasteiger partial charge in [0.05, 0.1) is 5.39 Å². The lowest BCUT2D eigenvalue weighted by Gasteiger charge is -1.87. The van der Waals surface area contributed by atoms with E-state index in [0.29, 0.717) is 10.8 Å². The second kappa shape index (κ2) is 2.62. The van der Waals surface area contributed by atoms with Crippen LogP contribution in [0.15, 0.2) is 28.7 Å². The number of Topliss-reactive ketones (excluding diaryl/α,β-unsaturated/α-hetero) is 1. The monoisotopic (exact) mass is 176 g/mol. The van der Waals surface area contributed by atoms with Crippen LogP contribution in [0.2, 0.25) is 0 Å². The molecule has 0 fully saturated rings. The van der Waals surface area contributed by atoms with Crippen LogP contribution in [0.1, 0.15) is 17.5 Å². The Morgan fingerprint density at radius 1 is 1.31 bits per heavy atom. The molecular weight excluding hydrogens is 168 g/mol. The molecule has 0 radical (unpaired) electrons. The molecule has 2 rings (SSSR count). The van der Waals surface area contributed by atoms with Crippen molar-refractivity contribution in [2.45, 2.75) is 6.92 Å². The number of aromatic hydroxyl groups is 1. The van der Waals surface area contributed by atoms with Crippen molar-refractivity contribution in [2.24, 2.45) is 0 Å². The number of carbonyl (C=O) groups is 1. The van der Waals surface area contributed by atoms with E-state index in [1.807, 2.05) is 0 Å². The van der Waals surface area contributed by atoms with Crippen LogP contribution in [0.4, 0.5) is 0 Å². The predicted molar refractivity (Wildman–Crippen MR) is 47.9 cm³/mol. The lowest BCUT2D eigenvalue weighted by molar-refractivity contribution is 0.0983. The Hall–Kier alpha value is -1.77. The summed E-state index contributed by atoms with van der Waals surface area (Å²) < 4.78 is 4.93. The van der Waals surface area contributed by atoms with Gasteiger partial charge in [0.1, 0.15) is 0 Å². The molecule has 0 saturated heterocycles. The lowest BCUT2D eigenvalue weighted by atomic mass is 10.1. The molecule has 1 heterocycles. The topological polar surface area (TPSA) is 50.4 Å². The molecule has 0 unspecified atom stereocenters.